The maximum atomic E-state index is 14.7. The highest BCUT2D eigenvalue weighted by Gasteiger charge is 2.24. The van der Waals surface area contributed by atoms with Gasteiger partial charge in [-0.25, -0.2) is 22.7 Å². The third kappa shape index (κ3) is 3.80. The first-order valence-corrected chi connectivity index (χ1v) is 10.7. The highest BCUT2D eigenvalue weighted by Crippen LogP contribution is 2.32. The molecule has 0 aliphatic rings. The summed E-state index contributed by atoms with van der Waals surface area (Å²) in [7, 11) is -3.03. The molecule has 1 atom stereocenters. The van der Waals surface area contributed by atoms with Crippen molar-refractivity contribution >= 4 is 26.7 Å². The van der Waals surface area contributed by atoms with Crippen molar-refractivity contribution in [1.82, 2.24) is 4.57 Å². The molecule has 0 amide bonds. The second-order valence-corrected chi connectivity index (χ2v) is 9.91. The molecular weight excluding hydrogens is 379 g/mol. The first kappa shape index (κ1) is 20.1. The summed E-state index contributed by atoms with van der Waals surface area (Å²) in [6.07, 6.45) is -0.629. The van der Waals surface area contributed by atoms with Gasteiger partial charge in [-0.3, -0.25) is 0 Å². The van der Waals surface area contributed by atoms with Gasteiger partial charge in [0.1, 0.15) is 11.4 Å². The molecular formula is C21H23FN2O3S. The fourth-order valence-electron chi connectivity index (χ4n) is 2.93. The van der Waals surface area contributed by atoms with E-state index in [1.54, 1.807) is 45.9 Å². The van der Waals surface area contributed by atoms with Crippen LogP contribution >= 0.6 is 0 Å². The van der Waals surface area contributed by atoms with Gasteiger partial charge in [0.2, 0.25) is 0 Å². The highest BCUT2D eigenvalue weighted by molar-refractivity contribution is 7.92. The summed E-state index contributed by atoms with van der Waals surface area (Å²) < 4.78 is 42.1. The van der Waals surface area contributed by atoms with Crippen LogP contribution in [0.1, 0.15) is 27.7 Å². The zero-order valence-electron chi connectivity index (χ0n) is 16.3. The smallest absolute Gasteiger partial charge is 0.419 e. The molecule has 0 fully saturated rings. The van der Waals surface area contributed by atoms with Crippen molar-refractivity contribution in [1.29, 1.82) is 4.78 Å². The normalized spacial score (nSPS) is 14.0. The van der Waals surface area contributed by atoms with Crippen LogP contribution in [0.3, 0.4) is 0 Å². The van der Waals surface area contributed by atoms with E-state index in [4.69, 9.17) is 9.52 Å². The maximum Gasteiger partial charge on any atom is 0.419 e. The van der Waals surface area contributed by atoms with Gasteiger partial charge in [0.15, 0.2) is 0 Å². The Balaban J connectivity index is 2.28. The molecule has 0 bridgehead atoms. The van der Waals surface area contributed by atoms with Gasteiger partial charge >= 0.3 is 6.09 Å². The van der Waals surface area contributed by atoms with Crippen LogP contribution in [-0.2, 0) is 14.5 Å². The Morgan fingerprint density at radius 1 is 1.18 bits per heavy atom. The van der Waals surface area contributed by atoms with Crippen LogP contribution in [0.4, 0.5) is 9.18 Å². The van der Waals surface area contributed by atoms with Crippen molar-refractivity contribution in [3.8, 4) is 11.3 Å². The van der Waals surface area contributed by atoms with Gasteiger partial charge in [-0.15, -0.1) is 0 Å². The molecule has 5 nitrogen and oxygen atoms in total. The molecule has 3 rings (SSSR count). The van der Waals surface area contributed by atoms with Gasteiger partial charge in [-0.2, -0.15) is 0 Å². The van der Waals surface area contributed by atoms with Crippen LogP contribution in [-0.4, -0.2) is 26.2 Å². The van der Waals surface area contributed by atoms with Crippen LogP contribution in [0.2, 0.25) is 0 Å². The van der Waals surface area contributed by atoms with Gasteiger partial charge in [0.25, 0.3) is 0 Å². The molecule has 7 heteroatoms. The van der Waals surface area contributed by atoms with E-state index in [0.29, 0.717) is 11.2 Å². The molecule has 0 spiro atoms. The van der Waals surface area contributed by atoms with E-state index in [0.717, 1.165) is 5.39 Å². The summed E-state index contributed by atoms with van der Waals surface area (Å²) in [5.74, 6) is -0.449. The third-order valence-corrected chi connectivity index (χ3v) is 6.12. The second-order valence-electron chi connectivity index (χ2n) is 7.51. The number of halogens is 1. The Bertz CT molecular complexity index is 1160. The molecule has 0 aliphatic carbocycles. The number of nitrogens with one attached hydrogen (secondary N) is 1. The highest BCUT2D eigenvalue weighted by atomic mass is 32.2. The fraction of sp³-hybridized carbons (Fsp3) is 0.286. The van der Waals surface area contributed by atoms with Crippen LogP contribution < -0.4 is 0 Å². The lowest BCUT2D eigenvalue weighted by Crippen LogP contribution is -2.27. The SMILES string of the molecule is CCS(=N)(=O)c1ccc(F)c(-c2cc3ccccc3n2C(=O)OC(C)(C)C)c1. The van der Waals surface area contributed by atoms with Crippen LogP contribution in [0.15, 0.2) is 53.4 Å². The number of nitrogens with zero attached hydrogens (tertiary/aromatic N) is 1. The van der Waals surface area contributed by atoms with E-state index in [9.17, 15) is 13.4 Å². The number of hydrogen-bond acceptors (Lipinski definition) is 4. The van der Waals surface area contributed by atoms with Crippen LogP contribution in [0.25, 0.3) is 22.2 Å². The number of rotatable bonds is 3. The number of hydrogen-bond donors (Lipinski definition) is 1. The number of carbonyl (C=O) groups is 1. The summed E-state index contributed by atoms with van der Waals surface area (Å²) >= 11 is 0. The predicted octanol–water partition coefficient (Wildman–Crippen LogP) is 5.66. The van der Waals surface area contributed by atoms with Crippen molar-refractivity contribution in [3.05, 3.63) is 54.3 Å². The predicted molar refractivity (Wildman–Crippen MR) is 109 cm³/mol. The zero-order chi connectivity index (χ0) is 20.7. The Morgan fingerprint density at radius 2 is 1.86 bits per heavy atom. The first-order valence-electron chi connectivity index (χ1n) is 8.94. The first-order chi connectivity index (χ1) is 13.0. The lowest BCUT2D eigenvalue weighted by molar-refractivity contribution is 0.0547. The van der Waals surface area contributed by atoms with Crippen LogP contribution in [0.5, 0.6) is 0 Å². The Labute approximate surface area is 164 Å². The number of ether oxygens (including phenoxy) is 1. The molecule has 2 aromatic carbocycles. The number of benzene rings is 2. The standard InChI is InChI=1S/C21H23FN2O3S/c1-5-28(23,26)15-10-11-17(22)16(13-15)19-12-14-8-6-7-9-18(14)24(19)20(25)27-21(2,3)4/h6-13,23H,5H2,1-4H3. The number of aromatic nitrogens is 1. The number of fused-ring (bicyclic) bond motifs is 1. The van der Waals surface area contributed by atoms with E-state index in [-0.39, 0.29) is 16.2 Å². The molecule has 1 heterocycles. The summed E-state index contributed by atoms with van der Waals surface area (Å²) in [5.41, 5.74) is 0.255. The van der Waals surface area contributed by atoms with Gasteiger partial charge in [0, 0.05) is 21.6 Å². The molecule has 1 aromatic heterocycles. The van der Waals surface area contributed by atoms with Gasteiger partial charge in [-0.1, -0.05) is 25.1 Å². The molecule has 148 valence electrons. The van der Waals surface area contributed by atoms with Crippen molar-refractivity contribution in [2.75, 3.05) is 5.75 Å². The van der Waals surface area contributed by atoms with Crippen molar-refractivity contribution < 1.29 is 18.1 Å². The second kappa shape index (κ2) is 7.05. The van der Waals surface area contributed by atoms with Gasteiger partial charge < -0.3 is 4.74 Å². The molecule has 3 aromatic rings. The summed E-state index contributed by atoms with van der Waals surface area (Å²) in [6.45, 7) is 6.92. The lowest BCUT2D eigenvalue weighted by Gasteiger charge is -2.21. The Hall–Kier alpha value is -2.67. The van der Waals surface area contributed by atoms with E-state index < -0.39 is 27.2 Å². The quantitative estimate of drug-likeness (QED) is 0.615. The topological polar surface area (TPSA) is 72.2 Å². The minimum absolute atomic E-state index is 0.105. The average Bonchev–Trinajstić information content (AvgIpc) is 2.99. The third-order valence-electron chi connectivity index (χ3n) is 4.29. The Morgan fingerprint density at radius 3 is 2.50 bits per heavy atom. The molecule has 1 N–H and O–H groups in total. The van der Waals surface area contributed by atoms with Crippen molar-refractivity contribution in [2.24, 2.45) is 0 Å². The van der Waals surface area contributed by atoms with Crippen molar-refractivity contribution in [2.45, 2.75) is 38.2 Å². The zero-order valence-corrected chi connectivity index (χ0v) is 17.1. The minimum atomic E-state index is -3.03. The monoisotopic (exact) mass is 402 g/mol. The van der Waals surface area contributed by atoms with Gasteiger partial charge in [-0.05, 0) is 51.1 Å². The van der Waals surface area contributed by atoms with Crippen LogP contribution in [0, 0.1) is 10.6 Å². The molecule has 0 aliphatic heterocycles. The van der Waals surface area contributed by atoms with E-state index in [2.05, 4.69) is 0 Å². The number of para-hydroxylation sites is 1. The molecule has 28 heavy (non-hydrogen) atoms. The lowest BCUT2D eigenvalue weighted by atomic mass is 10.1. The van der Waals surface area contributed by atoms with Gasteiger partial charge in [0.05, 0.1) is 20.9 Å². The molecule has 1 unspecified atom stereocenters. The minimum Gasteiger partial charge on any atom is -0.443 e. The van der Waals surface area contributed by atoms with E-state index >= 15 is 0 Å². The maximum absolute atomic E-state index is 14.7. The molecule has 0 radical (unpaired) electrons. The molecule has 0 saturated carbocycles. The summed E-state index contributed by atoms with van der Waals surface area (Å²) in [5, 5.41) is 0.746. The van der Waals surface area contributed by atoms with E-state index in [1.807, 2.05) is 12.1 Å². The summed E-state index contributed by atoms with van der Waals surface area (Å²) in [6, 6.07) is 12.8. The van der Waals surface area contributed by atoms with E-state index in [1.165, 1.54) is 22.8 Å². The van der Waals surface area contributed by atoms with Crippen molar-refractivity contribution in [3.63, 3.8) is 0 Å². The fourth-order valence-corrected chi connectivity index (χ4v) is 3.86. The summed E-state index contributed by atoms with van der Waals surface area (Å²) in [4.78, 5) is 13.1. The number of carbonyl (C=O) groups excluding carboxylic acids is 1. The molecule has 0 saturated heterocycles. The Kier molecular flexibility index (Phi) is 5.06. The average molecular weight is 402 g/mol. The largest absolute Gasteiger partial charge is 0.443 e.